The molecule has 1 N–H and O–H groups in total. The summed E-state index contributed by atoms with van der Waals surface area (Å²) in [5.41, 5.74) is 2.01. The lowest BCUT2D eigenvalue weighted by Crippen LogP contribution is -2.38. The lowest BCUT2D eigenvalue weighted by Gasteiger charge is -2.33. The third kappa shape index (κ3) is 4.34. The molecule has 0 radical (unpaired) electrons. The van der Waals surface area contributed by atoms with Gasteiger partial charge in [0.25, 0.3) is 0 Å². The summed E-state index contributed by atoms with van der Waals surface area (Å²) in [5.74, 6) is 0.697. The standard InChI is InChI=1S/C19H25N3O3S/c1-15-5-6-18(25-2)19(12-15)26(23,24)21-13-16-7-10-22(11-8-16)17-4-3-9-20-14-17/h3-6,9,12,14,16,21H,7-8,10-11,13H2,1-2H3. The minimum absolute atomic E-state index is 0.202. The van der Waals surface area contributed by atoms with Gasteiger partial charge < -0.3 is 9.64 Å². The summed E-state index contributed by atoms with van der Waals surface area (Å²) >= 11 is 0. The van der Waals surface area contributed by atoms with E-state index in [4.69, 9.17) is 4.74 Å². The van der Waals surface area contributed by atoms with Crippen LogP contribution in [0.4, 0.5) is 5.69 Å². The summed E-state index contributed by atoms with van der Waals surface area (Å²) in [4.78, 5) is 6.65. The number of ether oxygens (including phenoxy) is 1. The van der Waals surface area contributed by atoms with Gasteiger partial charge in [-0.15, -0.1) is 0 Å². The van der Waals surface area contributed by atoms with Crippen molar-refractivity contribution in [3.05, 3.63) is 48.3 Å². The topological polar surface area (TPSA) is 71.5 Å². The summed E-state index contributed by atoms with van der Waals surface area (Å²) in [6.45, 7) is 4.13. The van der Waals surface area contributed by atoms with Gasteiger partial charge >= 0.3 is 0 Å². The predicted molar refractivity (Wildman–Crippen MR) is 102 cm³/mol. The Hall–Kier alpha value is -2.12. The van der Waals surface area contributed by atoms with Gasteiger partial charge in [0.1, 0.15) is 10.6 Å². The highest BCUT2D eigenvalue weighted by Crippen LogP contribution is 2.26. The summed E-state index contributed by atoms with van der Waals surface area (Å²) < 4.78 is 33.3. The Labute approximate surface area is 155 Å². The fourth-order valence-electron chi connectivity index (χ4n) is 3.24. The number of hydrogen-bond acceptors (Lipinski definition) is 5. The Kier molecular flexibility index (Phi) is 5.78. The predicted octanol–water partition coefficient (Wildman–Crippen LogP) is 2.59. The first-order chi connectivity index (χ1) is 12.5. The average Bonchev–Trinajstić information content (AvgIpc) is 2.67. The molecule has 0 saturated carbocycles. The highest BCUT2D eigenvalue weighted by Gasteiger charge is 2.24. The second-order valence-corrected chi connectivity index (χ2v) is 8.38. The molecule has 1 aromatic heterocycles. The number of aromatic nitrogens is 1. The van der Waals surface area contributed by atoms with Crippen LogP contribution in [0.25, 0.3) is 0 Å². The van der Waals surface area contributed by atoms with E-state index >= 15 is 0 Å². The van der Waals surface area contributed by atoms with Crippen LogP contribution in [0, 0.1) is 12.8 Å². The molecule has 140 valence electrons. The largest absolute Gasteiger partial charge is 0.495 e. The number of hydrogen-bond donors (Lipinski definition) is 1. The first kappa shape index (κ1) is 18.7. The number of piperidine rings is 1. The van der Waals surface area contributed by atoms with Crippen molar-refractivity contribution in [2.45, 2.75) is 24.7 Å². The van der Waals surface area contributed by atoms with Crippen LogP contribution in [0.5, 0.6) is 5.75 Å². The van der Waals surface area contributed by atoms with Gasteiger partial charge in [-0.25, -0.2) is 13.1 Å². The second-order valence-electron chi connectivity index (χ2n) is 6.65. The van der Waals surface area contributed by atoms with Gasteiger partial charge in [-0.3, -0.25) is 4.98 Å². The number of sulfonamides is 1. The van der Waals surface area contributed by atoms with Gasteiger partial charge in [0.15, 0.2) is 0 Å². The molecule has 6 nitrogen and oxygen atoms in total. The normalized spacial score (nSPS) is 15.8. The number of benzene rings is 1. The van der Waals surface area contributed by atoms with Crippen LogP contribution in [0.2, 0.25) is 0 Å². The Morgan fingerprint density at radius 3 is 2.69 bits per heavy atom. The Morgan fingerprint density at radius 1 is 1.27 bits per heavy atom. The number of nitrogens with one attached hydrogen (secondary N) is 1. The van der Waals surface area contributed by atoms with E-state index in [0.29, 0.717) is 18.2 Å². The van der Waals surface area contributed by atoms with Crippen molar-refractivity contribution >= 4 is 15.7 Å². The third-order valence-electron chi connectivity index (χ3n) is 4.80. The molecule has 7 heteroatoms. The van der Waals surface area contributed by atoms with Gasteiger partial charge in [-0.05, 0) is 55.5 Å². The zero-order valence-corrected chi connectivity index (χ0v) is 16.0. The van der Waals surface area contributed by atoms with E-state index < -0.39 is 10.0 Å². The highest BCUT2D eigenvalue weighted by atomic mass is 32.2. The molecule has 0 bridgehead atoms. The van der Waals surface area contributed by atoms with Crippen LogP contribution in [-0.2, 0) is 10.0 Å². The maximum Gasteiger partial charge on any atom is 0.244 e. The quantitative estimate of drug-likeness (QED) is 0.840. The smallest absolute Gasteiger partial charge is 0.244 e. The molecule has 1 aromatic carbocycles. The highest BCUT2D eigenvalue weighted by molar-refractivity contribution is 7.89. The molecule has 1 aliphatic rings. The molecule has 26 heavy (non-hydrogen) atoms. The molecular formula is C19H25N3O3S. The maximum absolute atomic E-state index is 12.7. The lowest BCUT2D eigenvalue weighted by atomic mass is 9.97. The van der Waals surface area contributed by atoms with Gasteiger partial charge in [0.2, 0.25) is 10.0 Å². The number of methoxy groups -OCH3 is 1. The molecule has 0 atom stereocenters. The van der Waals surface area contributed by atoms with Crippen LogP contribution >= 0.6 is 0 Å². The first-order valence-corrected chi connectivity index (χ1v) is 10.3. The van der Waals surface area contributed by atoms with E-state index in [2.05, 4.69) is 20.7 Å². The van der Waals surface area contributed by atoms with Crippen molar-refractivity contribution < 1.29 is 13.2 Å². The molecule has 1 saturated heterocycles. The Morgan fingerprint density at radius 2 is 2.04 bits per heavy atom. The minimum atomic E-state index is -3.59. The SMILES string of the molecule is COc1ccc(C)cc1S(=O)(=O)NCC1CCN(c2cccnc2)CC1. The molecular weight excluding hydrogens is 350 g/mol. The molecule has 1 fully saturated rings. The van der Waals surface area contributed by atoms with E-state index in [1.165, 1.54) is 7.11 Å². The molecule has 2 aromatic rings. The van der Waals surface area contributed by atoms with E-state index in [1.54, 1.807) is 18.3 Å². The van der Waals surface area contributed by atoms with Gasteiger partial charge in [-0.2, -0.15) is 0 Å². The zero-order chi connectivity index (χ0) is 18.6. The molecule has 1 aliphatic heterocycles. The minimum Gasteiger partial charge on any atom is -0.495 e. The number of pyridine rings is 1. The van der Waals surface area contributed by atoms with E-state index in [1.807, 2.05) is 25.3 Å². The van der Waals surface area contributed by atoms with E-state index in [9.17, 15) is 8.42 Å². The maximum atomic E-state index is 12.7. The van der Waals surface area contributed by atoms with Crippen molar-refractivity contribution in [3.8, 4) is 5.75 Å². The lowest BCUT2D eigenvalue weighted by molar-refractivity contribution is 0.395. The first-order valence-electron chi connectivity index (χ1n) is 8.79. The number of rotatable bonds is 6. The average molecular weight is 375 g/mol. The summed E-state index contributed by atoms with van der Waals surface area (Å²) in [6.07, 6.45) is 5.53. The summed E-state index contributed by atoms with van der Waals surface area (Å²) in [5, 5.41) is 0. The van der Waals surface area contributed by atoms with Crippen molar-refractivity contribution in [2.24, 2.45) is 5.92 Å². The van der Waals surface area contributed by atoms with Gasteiger partial charge in [-0.1, -0.05) is 6.07 Å². The van der Waals surface area contributed by atoms with Gasteiger partial charge in [0.05, 0.1) is 19.0 Å². The monoisotopic (exact) mass is 375 g/mol. The Balaban J connectivity index is 1.59. The van der Waals surface area contributed by atoms with Crippen molar-refractivity contribution in [1.82, 2.24) is 9.71 Å². The van der Waals surface area contributed by atoms with Crippen molar-refractivity contribution in [1.29, 1.82) is 0 Å². The summed E-state index contributed by atoms with van der Waals surface area (Å²) in [6, 6.07) is 9.17. The van der Waals surface area contributed by atoms with Crippen LogP contribution < -0.4 is 14.4 Å². The molecule has 0 unspecified atom stereocenters. The molecule has 0 amide bonds. The van der Waals surface area contributed by atoms with E-state index in [-0.39, 0.29) is 4.90 Å². The molecule has 3 rings (SSSR count). The fraction of sp³-hybridized carbons (Fsp3) is 0.421. The van der Waals surface area contributed by atoms with Crippen LogP contribution in [0.3, 0.4) is 0 Å². The molecule has 2 heterocycles. The van der Waals surface area contributed by atoms with Gasteiger partial charge in [0, 0.05) is 25.8 Å². The number of nitrogens with zero attached hydrogens (tertiary/aromatic N) is 2. The third-order valence-corrected chi connectivity index (χ3v) is 6.24. The molecule has 0 spiro atoms. The summed E-state index contributed by atoms with van der Waals surface area (Å²) in [7, 11) is -2.11. The fourth-order valence-corrected chi connectivity index (χ4v) is 4.60. The van der Waals surface area contributed by atoms with Crippen molar-refractivity contribution in [2.75, 3.05) is 31.6 Å². The number of anilines is 1. The van der Waals surface area contributed by atoms with Crippen LogP contribution in [0.15, 0.2) is 47.6 Å². The number of aryl methyl sites for hydroxylation is 1. The second kappa shape index (κ2) is 8.05. The van der Waals surface area contributed by atoms with Crippen LogP contribution in [0.1, 0.15) is 18.4 Å². The van der Waals surface area contributed by atoms with E-state index in [0.717, 1.165) is 37.2 Å². The Bertz CT molecular complexity index is 832. The van der Waals surface area contributed by atoms with Crippen LogP contribution in [-0.4, -0.2) is 40.1 Å². The zero-order valence-electron chi connectivity index (χ0n) is 15.2. The molecule has 0 aliphatic carbocycles. The van der Waals surface area contributed by atoms with Crippen molar-refractivity contribution in [3.63, 3.8) is 0 Å².